The van der Waals surface area contributed by atoms with E-state index in [0.717, 1.165) is 7.11 Å². The molecule has 0 saturated carbocycles. The summed E-state index contributed by atoms with van der Waals surface area (Å²) in [6.07, 6.45) is 21.8. The lowest BCUT2D eigenvalue weighted by molar-refractivity contribution is -0.696. The van der Waals surface area contributed by atoms with Crippen LogP contribution in [0.3, 0.4) is 0 Å². The standard InChI is InChI=1S/C19H37N2.C2H4O3/c1-3-5-7-9-11-13-15-20-17-18-21(19-20)16-14-12-10-8-6-4-2;1-5-2(3)4/h17-19H,3-16H2,1-2H3;1H3,(H,3,4)/q+1;/p-1. The molecule has 0 spiro atoms. The summed E-state index contributed by atoms with van der Waals surface area (Å²) >= 11 is 0. The van der Waals surface area contributed by atoms with Gasteiger partial charge in [0.15, 0.2) is 0 Å². The Morgan fingerprint density at radius 1 is 0.923 bits per heavy atom. The maximum absolute atomic E-state index is 9.03. The maximum Gasteiger partial charge on any atom is 0.251 e. The van der Waals surface area contributed by atoms with Gasteiger partial charge in [-0.05, 0) is 25.7 Å². The first kappa shape index (κ1) is 24.5. The fourth-order valence-electron chi connectivity index (χ4n) is 2.85. The lowest BCUT2D eigenvalue weighted by Gasteiger charge is -1.99. The van der Waals surface area contributed by atoms with Gasteiger partial charge in [-0.15, -0.1) is 0 Å². The van der Waals surface area contributed by atoms with Gasteiger partial charge in [0.2, 0.25) is 6.33 Å². The van der Waals surface area contributed by atoms with E-state index in [9.17, 15) is 0 Å². The molecule has 0 aliphatic heterocycles. The number of rotatable bonds is 14. The van der Waals surface area contributed by atoms with Crippen LogP contribution < -0.4 is 9.67 Å². The Hall–Kier alpha value is -1.52. The second-order valence-electron chi connectivity index (χ2n) is 6.88. The predicted octanol–water partition coefficient (Wildman–Crippen LogP) is 4.47. The molecule has 1 aromatic rings. The molecule has 1 heterocycles. The van der Waals surface area contributed by atoms with E-state index >= 15 is 0 Å². The van der Waals surface area contributed by atoms with E-state index in [1.54, 1.807) is 0 Å². The van der Waals surface area contributed by atoms with E-state index in [1.807, 2.05) is 0 Å². The Morgan fingerprint density at radius 2 is 1.42 bits per heavy atom. The lowest BCUT2D eigenvalue weighted by atomic mass is 10.1. The van der Waals surface area contributed by atoms with Gasteiger partial charge in [-0.2, -0.15) is 0 Å². The van der Waals surface area contributed by atoms with Crippen LogP contribution in [0.25, 0.3) is 0 Å². The van der Waals surface area contributed by atoms with Crippen LogP contribution in [0.1, 0.15) is 90.9 Å². The first-order valence-electron chi connectivity index (χ1n) is 10.4. The second kappa shape index (κ2) is 18.3. The molecular formula is C21H40N2O3. The van der Waals surface area contributed by atoms with Crippen molar-refractivity contribution < 1.29 is 19.2 Å². The third-order valence-electron chi connectivity index (χ3n) is 4.45. The highest BCUT2D eigenvalue weighted by Crippen LogP contribution is 2.06. The highest BCUT2D eigenvalue weighted by atomic mass is 16.6. The van der Waals surface area contributed by atoms with Crippen molar-refractivity contribution in [2.75, 3.05) is 7.11 Å². The molecule has 0 aromatic carbocycles. The van der Waals surface area contributed by atoms with Crippen molar-refractivity contribution >= 4 is 6.16 Å². The molecule has 0 aliphatic carbocycles. The van der Waals surface area contributed by atoms with Gasteiger partial charge >= 0.3 is 0 Å². The molecule has 5 nitrogen and oxygen atoms in total. The fraction of sp³-hybridized carbons (Fsp3) is 0.810. The van der Waals surface area contributed by atoms with E-state index in [1.165, 1.54) is 90.1 Å². The van der Waals surface area contributed by atoms with Gasteiger partial charge in [-0.1, -0.05) is 65.2 Å². The quantitative estimate of drug-likeness (QED) is 0.276. The highest BCUT2D eigenvalue weighted by molar-refractivity contribution is 5.53. The molecule has 1 aromatic heterocycles. The number of carbonyl (C=O) groups excluding carboxylic acids is 1. The van der Waals surface area contributed by atoms with Gasteiger partial charge in [-0.3, -0.25) is 0 Å². The molecule has 152 valence electrons. The zero-order valence-electron chi connectivity index (χ0n) is 17.3. The fourth-order valence-corrected chi connectivity index (χ4v) is 2.85. The minimum absolute atomic E-state index is 1.04. The molecule has 0 unspecified atom stereocenters. The molecule has 0 saturated heterocycles. The summed E-state index contributed by atoms with van der Waals surface area (Å²) in [6.45, 7) is 6.94. The number of nitrogens with zero attached hydrogens (tertiary/aromatic N) is 2. The number of aryl methyl sites for hydroxylation is 2. The first-order valence-corrected chi connectivity index (χ1v) is 10.4. The predicted molar refractivity (Wildman–Crippen MR) is 104 cm³/mol. The molecule has 1 rings (SSSR count). The monoisotopic (exact) mass is 368 g/mol. The summed E-state index contributed by atoms with van der Waals surface area (Å²) < 4.78 is 8.27. The largest absolute Gasteiger partial charge is 0.553 e. The van der Waals surface area contributed by atoms with Crippen LogP contribution in [0.2, 0.25) is 0 Å². The van der Waals surface area contributed by atoms with Crippen molar-refractivity contribution in [2.24, 2.45) is 0 Å². The Labute approximate surface area is 160 Å². The Kier molecular flexibility index (Phi) is 17.2. The van der Waals surface area contributed by atoms with E-state index in [4.69, 9.17) is 9.90 Å². The van der Waals surface area contributed by atoms with Crippen LogP contribution in [0.15, 0.2) is 18.7 Å². The molecule has 0 amide bonds. The number of hydrogen-bond acceptors (Lipinski definition) is 3. The SMILES string of the molecule is CCCCCCCCn1cc[n+](CCCCCCCC)c1.COC(=O)[O-]. The van der Waals surface area contributed by atoms with E-state index in [2.05, 4.69) is 46.4 Å². The van der Waals surface area contributed by atoms with Crippen molar-refractivity contribution in [1.29, 1.82) is 0 Å². The van der Waals surface area contributed by atoms with Gasteiger partial charge in [0.05, 0.1) is 13.1 Å². The van der Waals surface area contributed by atoms with Crippen LogP contribution in [-0.4, -0.2) is 17.8 Å². The summed E-state index contributed by atoms with van der Waals surface area (Å²) in [6, 6.07) is 0. The van der Waals surface area contributed by atoms with Crippen LogP contribution in [0.4, 0.5) is 4.79 Å². The summed E-state index contributed by atoms with van der Waals surface area (Å²) in [5, 5.41) is 9.03. The van der Waals surface area contributed by atoms with Crippen molar-refractivity contribution in [3.63, 3.8) is 0 Å². The number of aromatic nitrogens is 2. The van der Waals surface area contributed by atoms with Gasteiger partial charge < -0.3 is 14.6 Å². The first-order chi connectivity index (χ1) is 12.6. The Bertz CT molecular complexity index is 402. The maximum atomic E-state index is 9.03. The topological polar surface area (TPSA) is 58.2 Å². The number of carbonyl (C=O) groups is 1. The average molecular weight is 369 g/mol. The second-order valence-corrected chi connectivity index (χ2v) is 6.88. The van der Waals surface area contributed by atoms with Gasteiger partial charge in [0.1, 0.15) is 12.4 Å². The van der Waals surface area contributed by atoms with Gasteiger partial charge in [0, 0.05) is 7.11 Å². The molecule has 0 radical (unpaired) electrons. The van der Waals surface area contributed by atoms with Gasteiger partial charge in [-0.25, -0.2) is 9.13 Å². The lowest BCUT2D eigenvalue weighted by Crippen LogP contribution is -2.30. The normalized spacial score (nSPS) is 10.3. The Morgan fingerprint density at radius 3 is 1.96 bits per heavy atom. The van der Waals surface area contributed by atoms with Crippen LogP contribution in [-0.2, 0) is 17.8 Å². The number of imidazole rings is 1. The van der Waals surface area contributed by atoms with Crippen molar-refractivity contribution in [2.45, 2.75) is 104 Å². The van der Waals surface area contributed by atoms with Gasteiger partial charge in [0.25, 0.3) is 6.16 Å². The number of hydrogen-bond donors (Lipinski definition) is 0. The number of ether oxygens (including phenoxy) is 1. The van der Waals surface area contributed by atoms with Crippen LogP contribution in [0, 0.1) is 0 Å². The Balaban J connectivity index is 0.00000110. The van der Waals surface area contributed by atoms with Crippen molar-refractivity contribution in [1.82, 2.24) is 4.57 Å². The molecule has 26 heavy (non-hydrogen) atoms. The number of unbranched alkanes of at least 4 members (excludes halogenated alkanes) is 10. The zero-order valence-corrected chi connectivity index (χ0v) is 17.3. The summed E-state index contributed by atoms with van der Waals surface area (Å²) in [5.74, 6) is 0. The van der Waals surface area contributed by atoms with Crippen molar-refractivity contribution in [3.05, 3.63) is 18.7 Å². The van der Waals surface area contributed by atoms with Crippen LogP contribution in [0.5, 0.6) is 0 Å². The van der Waals surface area contributed by atoms with E-state index in [-0.39, 0.29) is 0 Å². The zero-order chi connectivity index (χ0) is 19.5. The smallest absolute Gasteiger partial charge is 0.251 e. The molecule has 0 bridgehead atoms. The number of carboxylic acid groups (broad SMARTS) is 1. The van der Waals surface area contributed by atoms with E-state index < -0.39 is 6.16 Å². The highest BCUT2D eigenvalue weighted by Gasteiger charge is 2.03. The third kappa shape index (κ3) is 16.0. The molecule has 5 heteroatoms. The van der Waals surface area contributed by atoms with Crippen LogP contribution >= 0.6 is 0 Å². The molecular weight excluding hydrogens is 328 g/mol. The summed E-state index contributed by atoms with van der Waals surface area (Å²) in [4.78, 5) is 9.03. The summed E-state index contributed by atoms with van der Waals surface area (Å²) in [5.41, 5.74) is 0. The van der Waals surface area contributed by atoms with E-state index in [0.29, 0.717) is 0 Å². The number of methoxy groups -OCH3 is 1. The third-order valence-corrected chi connectivity index (χ3v) is 4.45. The molecule has 0 aliphatic rings. The summed E-state index contributed by atoms with van der Waals surface area (Å²) in [7, 11) is 1.04. The minimum atomic E-state index is -1.50. The minimum Gasteiger partial charge on any atom is -0.553 e. The van der Waals surface area contributed by atoms with Crippen molar-refractivity contribution in [3.8, 4) is 0 Å². The average Bonchev–Trinajstić information content (AvgIpc) is 3.09. The molecule has 0 N–H and O–H groups in total. The molecule has 0 fully saturated rings. The molecule has 0 atom stereocenters.